The minimum Gasteiger partial charge on any atom is -0.348 e. The first-order valence-corrected chi connectivity index (χ1v) is 8.58. The number of fused-ring (bicyclic) bond motifs is 3. The molecule has 0 saturated carbocycles. The number of piperidine rings is 3. The number of halogens is 1. The van der Waals surface area contributed by atoms with E-state index >= 15 is 0 Å². The van der Waals surface area contributed by atoms with Crippen molar-refractivity contribution < 1.29 is 4.79 Å². The predicted octanol–water partition coefficient (Wildman–Crippen LogP) is 3.16. The average Bonchev–Trinajstić information content (AvgIpc) is 2.50. The third-order valence-electron chi connectivity index (χ3n) is 4.22. The summed E-state index contributed by atoms with van der Waals surface area (Å²) >= 11 is 7.36. The maximum absolute atomic E-state index is 12.0. The van der Waals surface area contributed by atoms with Gasteiger partial charge >= 0.3 is 0 Å². The second-order valence-electron chi connectivity index (χ2n) is 5.63. The zero-order valence-electron chi connectivity index (χ0n) is 11.8. The van der Waals surface area contributed by atoms with Crippen LogP contribution in [0.25, 0.3) is 0 Å². The zero-order chi connectivity index (χ0) is 14.7. The summed E-state index contributed by atoms with van der Waals surface area (Å²) in [6.07, 6.45) is 4.05. The fraction of sp³-hybridized carbons (Fsp3) is 0.438. The van der Waals surface area contributed by atoms with E-state index in [1.165, 1.54) is 37.7 Å². The molecule has 0 radical (unpaired) electrons. The van der Waals surface area contributed by atoms with E-state index in [9.17, 15) is 4.79 Å². The van der Waals surface area contributed by atoms with E-state index in [0.29, 0.717) is 12.0 Å². The lowest BCUT2D eigenvalue weighted by Crippen LogP contribution is -2.57. The van der Waals surface area contributed by atoms with E-state index in [0.717, 1.165) is 16.5 Å². The fourth-order valence-electron chi connectivity index (χ4n) is 3.05. The van der Waals surface area contributed by atoms with Crippen LogP contribution in [0, 0.1) is 5.92 Å². The number of benzene rings is 1. The molecule has 112 valence electrons. The van der Waals surface area contributed by atoms with Crippen LogP contribution in [-0.2, 0) is 4.79 Å². The Bertz CT molecular complexity index is 524. The van der Waals surface area contributed by atoms with Crippen molar-refractivity contribution >= 4 is 29.3 Å². The summed E-state index contributed by atoms with van der Waals surface area (Å²) in [5.74, 6) is 0.673. The molecule has 1 N–H and O–H groups in total. The van der Waals surface area contributed by atoms with E-state index in [2.05, 4.69) is 10.2 Å². The number of nitrogens with one attached hydrogen (secondary N) is 1. The lowest BCUT2D eigenvalue weighted by Gasteiger charge is -2.44. The third-order valence-corrected chi connectivity index (χ3v) is 5.29. The van der Waals surface area contributed by atoms with Crippen LogP contribution >= 0.6 is 23.4 Å². The second-order valence-corrected chi connectivity index (χ2v) is 7.04. The SMILES string of the molecule is O=C(/C=C\Sc1ccc(Cl)cc1)N[C@H]1CN2CCC1CC2. The first-order valence-electron chi connectivity index (χ1n) is 7.32. The van der Waals surface area contributed by atoms with Crippen molar-refractivity contribution in [3.8, 4) is 0 Å². The summed E-state index contributed by atoms with van der Waals surface area (Å²) in [5.41, 5.74) is 0. The molecule has 1 atom stereocenters. The fourth-order valence-corrected chi connectivity index (χ4v) is 3.81. The van der Waals surface area contributed by atoms with Crippen LogP contribution in [0.3, 0.4) is 0 Å². The van der Waals surface area contributed by atoms with Gasteiger partial charge in [-0.15, -0.1) is 0 Å². The molecule has 0 unspecified atom stereocenters. The van der Waals surface area contributed by atoms with Gasteiger partial charge in [0, 0.05) is 28.6 Å². The first kappa shape index (κ1) is 14.9. The van der Waals surface area contributed by atoms with Gasteiger partial charge in [0.05, 0.1) is 0 Å². The van der Waals surface area contributed by atoms with Gasteiger partial charge in [0.2, 0.25) is 5.91 Å². The largest absolute Gasteiger partial charge is 0.348 e. The molecular weight excluding hydrogens is 304 g/mol. The van der Waals surface area contributed by atoms with Crippen molar-refractivity contribution in [3.63, 3.8) is 0 Å². The molecule has 3 nitrogen and oxygen atoms in total. The van der Waals surface area contributed by atoms with Crippen molar-refractivity contribution in [2.24, 2.45) is 5.92 Å². The molecule has 3 aliphatic heterocycles. The van der Waals surface area contributed by atoms with Crippen molar-refractivity contribution in [2.75, 3.05) is 19.6 Å². The molecule has 4 rings (SSSR count). The van der Waals surface area contributed by atoms with Gasteiger partial charge in [-0.3, -0.25) is 4.79 Å². The molecule has 2 bridgehead atoms. The Hall–Kier alpha value is -0.970. The molecule has 3 aliphatic rings. The highest BCUT2D eigenvalue weighted by molar-refractivity contribution is 8.02. The standard InChI is InChI=1S/C16H19ClN2OS/c17-13-1-3-14(4-2-13)21-10-7-16(20)18-15-11-19-8-5-12(15)6-9-19/h1-4,7,10,12,15H,5-6,8-9,11H2,(H,18,20)/b10-7-/t15-/m0/s1. The van der Waals surface area contributed by atoms with E-state index in [4.69, 9.17) is 11.6 Å². The molecule has 21 heavy (non-hydrogen) atoms. The average molecular weight is 323 g/mol. The molecule has 0 aliphatic carbocycles. The highest BCUT2D eigenvalue weighted by Crippen LogP contribution is 2.27. The Kier molecular flexibility index (Phi) is 4.88. The number of rotatable bonds is 4. The number of carbonyl (C=O) groups is 1. The molecular formula is C16H19ClN2OS. The molecule has 1 aromatic rings. The quantitative estimate of drug-likeness (QED) is 0.682. The normalized spacial score (nSPS) is 28.0. The maximum atomic E-state index is 12.0. The van der Waals surface area contributed by atoms with Gasteiger partial charge in [-0.1, -0.05) is 23.4 Å². The third kappa shape index (κ3) is 4.02. The van der Waals surface area contributed by atoms with Gasteiger partial charge in [-0.25, -0.2) is 0 Å². The Morgan fingerprint density at radius 2 is 2.00 bits per heavy atom. The predicted molar refractivity (Wildman–Crippen MR) is 87.5 cm³/mol. The second kappa shape index (κ2) is 6.86. The Labute approximate surface area is 134 Å². The van der Waals surface area contributed by atoms with Crippen LogP contribution in [0.5, 0.6) is 0 Å². The molecule has 1 amide bonds. The number of amides is 1. The Morgan fingerprint density at radius 1 is 1.29 bits per heavy atom. The van der Waals surface area contributed by atoms with E-state index in [1.807, 2.05) is 29.7 Å². The van der Waals surface area contributed by atoms with Gasteiger partial charge < -0.3 is 10.2 Å². The molecule has 1 aromatic carbocycles. The summed E-state index contributed by atoms with van der Waals surface area (Å²) < 4.78 is 0. The van der Waals surface area contributed by atoms with Crippen LogP contribution < -0.4 is 5.32 Å². The molecule has 3 saturated heterocycles. The highest BCUT2D eigenvalue weighted by Gasteiger charge is 2.34. The maximum Gasteiger partial charge on any atom is 0.244 e. The van der Waals surface area contributed by atoms with Crippen molar-refractivity contribution in [1.29, 1.82) is 0 Å². The van der Waals surface area contributed by atoms with E-state index in [-0.39, 0.29) is 5.91 Å². The summed E-state index contributed by atoms with van der Waals surface area (Å²) in [7, 11) is 0. The summed E-state index contributed by atoms with van der Waals surface area (Å²) in [6.45, 7) is 3.40. The van der Waals surface area contributed by atoms with Gasteiger partial charge in [0.15, 0.2) is 0 Å². The van der Waals surface area contributed by atoms with Crippen LogP contribution in [0.15, 0.2) is 40.6 Å². The van der Waals surface area contributed by atoms with Crippen molar-refractivity contribution in [2.45, 2.75) is 23.8 Å². The van der Waals surface area contributed by atoms with Gasteiger partial charge in [0.25, 0.3) is 0 Å². The lowest BCUT2D eigenvalue weighted by atomic mass is 9.84. The van der Waals surface area contributed by atoms with Crippen molar-refractivity contribution in [1.82, 2.24) is 10.2 Å². The minimum absolute atomic E-state index is 0.00946. The number of hydrogen-bond donors (Lipinski definition) is 1. The van der Waals surface area contributed by atoms with Crippen LogP contribution in [-0.4, -0.2) is 36.5 Å². The van der Waals surface area contributed by atoms with E-state index < -0.39 is 0 Å². The van der Waals surface area contributed by atoms with Crippen LogP contribution in [0.4, 0.5) is 0 Å². The van der Waals surface area contributed by atoms with Crippen molar-refractivity contribution in [3.05, 3.63) is 40.8 Å². The summed E-state index contributed by atoms with van der Waals surface area (Å²) in [6, 6.07) is 7.92. The lowest BCUT2D eigenvalue weighted by molar-refractivity contribution is -0.118. The summed E-state index contributed by atoms with van der Waals surface area (Å²) in [5, 5.41) is 5.70. The monoisotopic (exact) mass is 322 g/mol. The number of hydrogen-bond acceptors (Lipinski definition) is 3. The van der Waals surface area contributed by atoms with Gasteiger partial charge in [0.1, 0.15) is 0 Å². The highest BCUT2D eigenvalue weighted by atomic mass is 35.5. The minimum atomic E-state index is 0.00946. The van der Waals surface area contributed by atoms with Crippen LogP contribution in [0.2, 0.25) is 5.02 Å². The molecule has 5 heteroatoms. The molecule has 3 fully saturated rings. The number of carbonyl (C=O) groups excluding carboxylic acids is 1. The molecule has 3 heterocycles. The van der Waals surface area contributed by atoms with E-state index in [1.54, 1.807) is 6.08 Å². The molecule has 0 aromatic heterocycles. The van der Waals surface area contributed by atoms with Crippen LogP contribution in [0.1, 0.15) is 12.8 Å². The Balaban J connectivity index is 1.47. The number of nitrogens with zero attached hydrogens (tertiary/aromatic N) is 1. The zero-order valence-corrected chi connectivity index (χ0v) is 13.4. The van der Waals surface area contributed by atoms with Gasteiger partial charge in [-0.2, -0.15) is 0 Å². The summed E-state index contributed by atoms with van der Waals surface area (Å²) in [4.78, 5) is 15.5. The Morgan fingerprint density at radius 3 is 2.62 bits per heavy atom. The topological polar surface area (TPSA) is 32.3 Å². The van der Waals surface area contributed by atoms with Gasteiger partial charge in [-0.05, 0) is 61.5 Å². The smallest absolute Gasteiger partial charge is 0.244 e. The first-order chi connectivity index (χ1) is 10.2. The number of thioether (sulfide) groups is 1. The molecule has 0 spiro atoms.